The van der Waals surface area contributed by atoms with E-state index >= 15 is 0 Å². The summed E-state index contributed by atoms with van der Waals surface area (Å²) in [6.07, 6.45) is 0. The third kappa shape index (κ3) is 4.56. The van der Waals surface area contributed by atoms with Crippen LogP contribution in [0.2, 0.25) is 0 Å². The maximum absolute atomic E-state index is 5.90. The van der Waals surface area contributed by atoms with Crippen molar-refractivity contribution in [1.29, 1.82) is 0 Å². The summed E-state index contributed by atoms with van der Waals surface area (Å²) in [5, 5.41) is 6.15. The molecule has 1 heterocycles. The van der Waals surface area contributed by atoms with E-state index < -0.39 is 0 Å². The number of aromatic nitrogens is 1. The fourth-order valence-electron chi connectivity index (χ4n) is 1.71. The number of rotatable bonds is 3. The molecule has 3 N–H and O–H groups in total. The summed E-state index contributed by atoms with van der Waals surface area (Å²) in [7, 11) is 0. The van der Waals surface area contributed by atoms with Crippen LogP contribution in [0.25, 0.3) is 0 Å². The summed E-state index contributed by atoms with van der Waals surface area (Å²) >= 11 is 1.63. The first-order chi connectivity index (χ1) is 9.84. The van der Waals surface area contributed by atoms with Crippen LogP contribution in [0.1, 0.15) is 37.0 Å². The Morgan fingerprint density at radius 1 is 1.29 bits per heavy atom. The van der Waals surface area contributed by atoms with Gasteiger partial charge in [-0.05, 0) is 19.1 Å². The van der Waals surface area contributed by atoms with Gasteiger partial charge in [-0.1, -0.05) is 38.5 Å². The summed E-state index contributed by atoms with van der Waals surface area (Å²) in [5.41, 5.74) is 9.23. The van der Waals surface area contributed by atoms with Crippen molar-refractivity contribution in [2.24, 2.45) is 10.7 Å². The molecule has 21 heavy (non-hydrogen) atoms. The topological polar surface area (TPSA) is 63.3 Å². The SMILES string of the molecule is Cc1ccc(NC(N)=NCc2nc(C(C)(C)C)cs2)cc1. The highest BCUT2D eigenvalue weighted by Crippen LogP contribution is 2.24. The van der Waals surface area contributed by atoms with E-state index in [1.807, 2.05) is 24.3 Å². The Balaban J connectivity index is 1.97. The molecular weight excluding hydrogens is 280 g/mol. The average Bonchev–Trinajstić information content (AvgIpc) is 2.88. The van der Waals surface area contributed by atoms with Gasteiger partial charge in [-0.25, -0.2) is 9.98 Å². The number of guanidine groups is 1. The first-order valence-corrected chi connectivity index (χ1v) is 7.81. The molecule has 0 unspecified atom stereocenters. The van der Waals surface area contributed by atoms with Crippen molar-refractivity contribution < 1.29 is 0 Å². The largest absolute Gasteiger partial charge is 0.370 e. The van der Waals surface area contributed by atoms with Crippen molar-refractivity contribution >= 4 is 23.0 Å². The normalized spacial score (nSPS) is 12.5. The number of aryl methyl sites for hydroxylation is 1. The molecule has 1 aromatic carbocycles. The van der Waals surface area contributed by atoms with E-state index in [2.05, 4.69) is 48.4 Å². The molecule has 2 aromatic rings. The molecule has 4 nitrogen and oxygen atoms in total. The quantitative estimate of drug-likeness (QED) is 0.671. The van der Waals surface area contributed by atoms with Crippen LogP contribution < -0.4 is 11.1 Å². The van der Waals surface area contributed by atoms with E-state index in [0.29, 0.717) is 12.5 Å². The van der Waals surface area contributed by atoms with Crippen LogP contribution in [-0.2, 0) is 12.0 Å². The number of aliphatic imine (C=N–C) groups is 1. The van der Waals surface area contributed by atoms with Gasteiger partial charge in [0.15, 0.2) is 5.96 Å². The zero-order valence-electron chi connectivity index (χ0n) is 13.0. The van der Waals surface area contributed by atoms with Gasteiger partial charge in [0.05, 0.1) is 12.2 Å². The lowest BCUT2D eigenvalue weighted by atomic mass is 9.93. The van der Waals surface area contributed by atoms with Crippen LogP contribution in [0.4, 0.5) is 5.69 Å². The second-order valence-corrected chi connectivity index (χ2v) is 7.01. The fraction of sp³-hybridized carbons (Fsp3) is 0.375. The second kappa shape index (κ2) is 6.26. The number of nitrogens with zero attached hydrogens (tertiary/aromatic N) is 2. The van der Waals surface area contributed by atoms with Gasteiger partial charge in [0.2, 0.25) is 0 Å². The van der Waals surface area contributed by atoms with Crippen LogP contribution in [-0.4, -0.2) is 10.9 Å². The molecule has 1 aromatic heterocycles. The lowest BCUT2D eigenvalue weighted by Crippen LogP contribution is -2.22. The summed E-state index contributed by atoms with van der Waals surface area (Å²) in [6, 6.07) is 8.04. The predicted octanol–water partition coefficient (Wildman–Crippen LogP) is 3.68. The van der Waals surface area contributed by atoms with Crippen molar-refractivity contribution in [3.8, 4) is 0 Å². The Hall–Kier alpha value is -1.88. The van der Waals surface area contributed by atoms with E-state index in [4.69, 9.17) is 5.73 Å². The van der Waals surface area contributed by atoms with Crippen LogP contribution in [0, 0.1) is 6.92 Å². The van der Waals surface area contributed by atoms with E-state index in [1.54, 1.807) is 11.3 Å². The molecule has 0 amide bonds. The minimum Gasteiger partial charge on any atom is -0.370 e. The highest BCUT2D eigenvalue weighted by molar-refractivity contribution is 7.09. The molecule has 0 atom stereocenters. The molecular formula is C16H22N4S. The van der Waals surface area contributed by atoms with Gasteiger partial charge >= 0.3 is 0 Å². The lowest BCUT2D eigenvalue weighted by molar-refractivity contribution is 0.571. The number of nitrogens with two attached hydrogens (primary N) is 1. The summed E-state index contributed by atoms with van der Waals surface area (Å²) in [5.74, 6) is 0.409. The third-order valence-corrected chi connectivity index (χ3v) is 3.86. The van der Waals surface area contributed by atoms with Gasteiger partial charge < -0.3 is 11.1 Å². The Morgan fingerprint density at radius 2 is 1.95 bits per heavy atom. The molecule has 0 aliphatic heterocycles. The molecule has 5 heteroatoms. The minimum atomic E-state index is 0.0736. The van der Waals surface area contributed by atoms with E-state index in [1.165, 1.54) is 5.56 Å². The zero-order valence-corrected chi connectivity index (χ0v) is 13.8. The molecule has 0 radical (unpaired) electrons. The van der Waals surface area contributed by atoms with Gasteiger partial charge in [-0.2, -0.15) is 0 Å². The van der Waals surface area contributed by atoms with Crippen LogP contribution in [0.5, 0.6) is 0 Å². The maximum Gasteiger partial charge on any atom is 0.193 e. The maximum atomic E-state index is 5.90. The highest BCUT2D eigenvalue weighted by Gasteiger charge is 2.17. The number of anilines is 1. The average molecular weight is 302 g/mol. The van der Waals surface area contributed by atoms with E-state index in [-0.39, 0.29) is 5.41 Å². The van der Waals surface area contributed by atoms with Gasteiger partial charge in [0, 0.05) is 16.5 Å². The molecule has 0 saturated heterocycles. The number of benzene rings is 1. The Kier molecular flexibility index (Phi) is 4.63. The molecule has 2 rings (SSSR count). The van der Waals surface area contributed by atoms with E-state index in [9.17, 15) is 0 Å². The first-order valence-electron chi connectivity index (χ1n) is 6.93. The van der Waals surface area contributed by atoms with Gasteiger partial charge in [0.1, 0.15) is 5.01 Å². The second-order valence-electron chi connectivity index (χ2n) is 6.07. The van der Waals surface area contributed by atoms with Gasteiger partial charge in [-0.3, -0.25) is 0 Å². The minimum absolute atomic E-state index is 0.0736. The number of thiazole rings is 1. The Morgan fingerprint density at radius 3 is 2.52 bits per heavy atom. The summed E-state index contributed by atoms with van der Waals surface area (Å²) in [4.78, 5) is 8.94. The van der Waals surface area contributed by atoms with Crippen molar-refractivity contribution in [2.75, 3.05) is 5.32 Å². The van der Waals surface area contributed by atoms with Crippen LogP contribution in [0.15, 0.2) is 34.6 Å². The zero-order chi connectivity index (χ0) is 15.5. The molecule has 0 bridgehead atoms. The molecule has 0 saturated carbocycles. The lowest BCUT2D eigenvalue weighted by Gasteiger charge is -2.14. The Labute approximate surface area is 130 Å². The van der Waals surface area contributed by atoms with Crippen molar-refractivity contribution in [3.63, 3.8) is 0 Å². The molecule has 0 spiro atoms. The number of hydrogen-bond acceptors (Lipinski definition) is 3. The highest BCUT2D eigenvalue weighted by atomic mass is 32.1. The van der Waals surface area contributed by atoms with Crippen molar-refractivity contribution in [3.05, 3.63) is 45.9 Å². The number of hydrogen-bond donors (Lipinski definition) is 2. The van der Waals surface area contributed by atoms with Crippen molar-refractivity contribution in [1.82, 2.24) is 4.98 Å². The summed E-state index contributed by atoms with van der Waals surface area (Å²) in [6.45, 7) is 9.02. The number of nitrogens with one attached hydrogen (secondary N) is 1. The van der Waals surface area contributed by atoms with Gasteiger partial charge in [0.25, 0.3) is 0 Å². The van der Waals surface area contributed by atoms with Crippen LogP contribution >= 0.6 is 11.3 Å². The van der Waals surface area contributed by atoms with Crippen molar-refractivity contribution in [2.45, 2.75) is 39.7 Å². The smallest absolute Gasteiger partial charge is 0.193 e. The molecule has 0 aliphatic rings. The molecule has 0 fully saturated rings. The summed E-state index contributed by atoms with van der Waals surface area (Å²) < 4.78 is 0. The van der Waals surface area contributed by atoms with Crippen LogP contribution in [0.3, 0.4) is 0 Å². The predicted molar refractivity (Wildman–Crippen MR) is 90.9 cm³/mol. The fourth-order valence-corrected chi connectivity index (χ4v) is 2.65. The standard InChI is InChI=1S/C16H22N4S/c1-11-5-7-12(8-6-11)19-15(17)18-9-14-20-13(10-21-14)16(2,3)4/h5-8,10H,9H2,1-4H3,(H3,17,18,19). The first kappa shape index (κ1) is 15.5. The molecule has 0 aliphatic carbocycles. The monoisotopic (exact) mass is 302 g/mol. The van der Waals surface area contributed by atoms with Gasteiger partial charge in [-0.15, -0.1) is 11.3 Å². The third-order valence-electron chi connectivity index (χ3n) is 3.03. The molecule has 112 valence electrons. The van der Waals surface area contributed by atoms with E-state index in [0.717, 1.165) is 16.4 Å². The Bertz CT molecular complexity index is 620.